The van der Waals surface area contributed by atoms with Crippen molar-refractivity contribution in [3.05, 3.63) is 173 Å². The predicted octanol–water partition coefficient (Wildman–Crippen LogP) is 8.39. The van der Waals surface area contributed by atoms with Crippen LogP contribution in [0.2, 0.25) is 0 Å². The molecule has 216 valence electrons. The molecule has 0 aliphatic carbocycles. The first-order valence-corrected chi connectivity index (χ1v) is 15.9. The van der Waals surface area contributed by atoms with Crippen molar-refractivity contribution in [3.8, 4) is 0 Å². The first kappa shape index (κ1) is 28.2. The maximum absolute atomic E-state index is 7.54. The summed E-state index contributed by atoms with van der Waals surface area (Å²) in [6, 6.07) is 50.0. The number of benzene rings is 5. The van der Waals surface area contributed by atoms with Crippen LogP contribution in [0.15, 0.2) is 146 Å². The molecule has 0 bridgehead atoms. The molecule has 2 unspecified atom stereocenters. The third kappa shape index (κ3) is 4.84. The van der Waals surface area contributed by atoms with Gasteiger partial charge in [-0.25, -0.2) is 0 Å². The molecule has 4 nitrogen and oxygen atoms in total. The van der Waals surface area contributed by atoms with Crippen molar-refractivity contribution in [3.63, 3.8) is 0 Å². The smallest absolute Gasteiger partial charge is 0.207 e. The van der Waals surface area contributed by atoms with Crippen LogP contribution in [-0.2, 0) is 29.7 Å². The van der Waals surface area contributed by atoms with E-state index < -0.39 is 37.6 Å². The third-order valence-corrected chi connectivity index (χ3v) is 10.0. The Morgan fingerprint density at radius 2 is 0.791 bits per heavy atom. The van der Waals surface area contributed by atoms with E-state index in [0.717, 1.165) is 27.6 Å². The fourth-order valence-electron chi connectivity index (χ4n) is 6.46. The SMILES string of the molecule is Cc1ccc(P2OC(c3ccccc3)(c3ccccc3)C3OC(C)(C)O[C@H]3C(c3ccccc3)(c3ccccc3)O2)cc1. The van der Waals surface area contributed by atoms with Gasteiger partial charge in [0, 0.05) is 5.30 Å². The molecule has 0 spiro atoms. The Kier molecular flexibility index (Phi) is 7.29. The zero-order valence-electron chi connectivity index (χ0n) is 24.6. The summed E-state index contributed by atoms with van der Waals surface area (Å²) in [5, 5.41) is 0.979. The molecule has 0 saturated carbocycles. The molecule has 2 aliphatic rings. The van der Waals surface area contributed by atoms with Crippen molar-refractivity contribution >= 4 is 13.7 Å². The van der Waals surface area contributed by atoms with Gasteiger partial charge in [0.05, 0.1) is 0 Å². The zero-order valence-corrected chi connectivity index (χ0v) is 25.5. The molecule has 5 heteroatoms. The molecule has 0 radical (unpaired) electrons. The van der Waals surface area contributed by atoms with Crippen LogP contribution in [-0.4, -0.2) is 18.0 Å². The third-order valence-electron chi connectivity index (χ3n) is 8.41. The molecule has 2 fully saturated rings. The molecule has 5 aromatic rings. The van der Waals surface area contributed by atoms with Crippen LogP contribution in [0.1, 0.15) is 41.7 Å². The van der Waals surface area contributed by atoms with E-state index in [1.54, 1.807) is 0 Å². The fourth-order valence-corrected chi connectivity index (χ4v) is 8.25. The zero-order chi connectivity index (χ0) is 29.5. The molecule has 3 atom stereocenters. The second-order valence-electron chi connectivity index (χ2n) is 11.7. The molecule has 2 aliphatic heterocycles. The first-order chi connectivity index (χ1) is 20.9. The second-order valence-corrected chi connectivity index (χ2v) is 13.1. The van der Waals surface area contributed by atoms with Gasteiger partial charge in [0.15, 0.2) is 17.0 Å². The lowest BCUT2D eigenvalue weighted by Crippen LogP contribution is -2.53. The lowest BCUT2D eigenvalue weighted by atomic mass is 9.72. The summed E-state index contributed by atoms with van der Waals surface area (Å²) in [7, 11) is -1.69. The molecule has 7 rings (SSSR count). The quantitative estimate of drug-likeness (QED) is 0.194. The summed E-state index contributed by atoms with van der Waals surface area (Å²) >= 11 is 0. The van der Waals surface area contributed by atoms with Crippen LogP contribution in [0.5, 0.6) is 0 Å². The van der Waals surface area contributed by atoms with Gasteiger partial charge in [-0.05, 0) is 55.2 Å². The molecular formula is C38H35O4P. The molecule has 2 saturated heterocycles. The number of aryl methyl sites for hydroxylation is 1. The van der Waals surface area contributed by atoms with Gasteiger partial charge in [0.25, 0.3) is 0 Å². The standard InChI is InChI=1S/C38H35O4P/c1-28-24-26-33(27-25-28)43-41-37(29-16-8-4-9-17-29,30-18-10-5-11-19-30)34-35(40-36(2,3)39-34)38(42-43,31-20-12-6-13-21-31)32-22-14-7-15-23-32/h4-27,34-35H,1-3H3/t34-,35?,43?/m1/s1. The van der Waals surface area contributed by atoms with Gasteiger partial charge in [0.1, 0.15) is 12.2 Å². The van der Waals surface area contributed by atoms with Crippen LogP contribution >= 0.6 is 8.38 Å². The van der Waals surface area contributed by atoms with Crippen LogP contribution < -0.4 is 5.30 Å². The minimum absolute atomic E-state index is 0.578. The Morgan fingerprint density at radius 3 is 1.12 bits per heavy atom. The van der Waals surface area contributed by atoms with E-state index in [1.807, 2.05) is 38.1 Å². The highest BCUT2D eigenvalue weighted by Gasteiger charge is 2.67. The Hall–Kier alpha value is -3.63. The van der Waals surface area contributed by atoms with E-state index in [1.165, 1.54) is 5.56 Å². The van der Waals surface area contributed by atoms with E-state index in [9.17, 15) is 0 Å². The molecule has 0 N–H and O–H groups in total. The van der Waals surface area contributed by atoms with Crippen molar-refractivity contribution in [1.82, 2.24) is 0 Å². The lowest BCUT2D eigenvalue weighted by molar-refractivity contribution is -0.173. The summed E-state index contributed by atoms with van der Waals surface area (Å²) < 4.78 is 29.2. The van der Waals surface area contributed by atoms with Gasteiger partial charge in [-0.2, -0.15) is 0 Å². The Bertz CT molecular complexity index is 1480. The summed E-state index contributed by atoms with van der Waals surface area (Å²) in [5.41, 5.74) is 3.00. The van der Waals surface area contributed by atoms with Crippen molar-refractivity contribution in [2.24, 2.45) is 0 Å². The Balaban J connectivity index is 1.59. The number of fused-ring (bicyclic) bond motifs is 1. The van der Waals surface area contributed by atoms with E-state index >= 15 is 0 Å². The highest BCUT2D eigenvalue weighted by Crippen LogP contribution is 2.64. The number of hydrogen-bond donors (Lipinski definition) is 0. The van der Waals surface area contributed by atoms with Crippen LogP contribution in [0.4, 0.5) is 0 Å². The van der Waals surface area contributed by atoms with Gasteiger partial charge in [-0.15, -0.1) is 0 Å². The number of ether oxygens (including phenoxy) is 2. The van der Waals surface area contributed by atoms with E-state index in [4.69, 9.17) is 18.5 Å². The highest BCUT2D eigenvalue weighted by atomic mass is 31.2. The topological polar surface area (TPSA) is 36.9 Å². The molecule has 0 amide bonds. The average molecular weight is 587 g/mol. The van der Waals surface area contributed by atoms with Crippen LogP contribution in [0, 0.1) is 6.92 Å². The normalized spacial score (nSPS) is 23.7. The molecule has 0 aromatic heterocycles. The molecule has 43 heavy (non-hydrogen) atoms. The largest absolute Gasteiger partial charge is 0.341 e. The number of hydrogen-bond acceptors (Lipinski definition) is 4. The predicted molar refractivity (Wildman–Crippen MR) is 171 cm³/mol. The maximum atomic E-state index is 7.54. The summed E-state index contributed by atoms with van der Waals surface area (Å²) in [6.45, 7) is 6.05. The van der Waals surface area contributed by atoms with Gasteiger partial charge in [-0.3, -0.25) is 0 Å². The average Bonchev–Trinajstić information content (AvgIpc) is 3.33. The molecule has 2 heterocycles. The molecule has 5 aromatic carbocycles. The van der Waals surface area contributed by atoms with Gasteiger partial charge in [-0.1, -0.05) is 139 Å². The van der Waals surface area contributed by atoms with E-state index in [2.05, 4.69) is 128 Å². The van der Waals surface area contributed by atoms with Crippen molar-refractivity contribution in [1.29, 1.82) is 0 Å². The molecular weight excluding hydrogens is 551 g/mol. The maximum Gasteiger partial charge on any atom is 0.207 e. The monoisotopic (exact) mass is 586 g/mol. The second kappa shape index (κ2) is 11.1. The van der Waals surface area contributed by atoms with Crippen molar-refractivity contribution in [2.75, 3.05) is 0 Å². The lowest BCUT2D eigenvalue weighted by Gasteiger charge is -2.41. The Labute approximate surface area is 255 Å². The van der Waals surface area contributed by atoms with Gasteiger partial charge in [0.2, 0.25) is 8.38 Å². The summed E-state index contributed by atoms with van der Waals surface area (Å²) in [5.74, 6) is -0.907. The summed E-state index contributed by atoms with van der Waals surface area (Å²) in [4.78, 5) is 0. The number of rotatable bonds is 5. The van der Waals surface area contributed by atoms with Crippen LogP contribution in [0.25, 0.3) is 0 Å². The van der Waals surface area contributed by atoms with Crippen molar-refractivity contribution < 1.29 is 18.5 Å². The van der Waals surface area contributed by atoms with Gasteiger partial charge < -0.3 is 18.5 Å². The van der Waals surface area contributed by atoms with Gasteiger partial charge >= 0.3 is 0 Å². The van der Waals surface area contributed by atoms with Crippen LogP contribution in [0.3, 0.4) is 0 Å². The van der Waals surface area contributed by atoms with E-state index in [-0.39, 0.29) is 0 Å². The Morgan fingerprint density at radius 1 is 0.465 bits per heavy atom. The summed E-state index contributed by atoms with van der Waals surface area (Å²) in [6.07, 6.45) is -1.16. The van der Waals surface area contributed by atoms with E-state index in [0.29, 0.717) is 0 Å². The fraction of sp³-hybridized carbons (Fsp3) is 0.211. The minimum atomic E-state index is -1.69. The van der Waals surface area contributed by atoms with Crippen molar-refractivity contribution in [2.45, 2.75) is 50.0 Å². The highest BCUT2D eigenvalue weighted by molar-refractivity contribution is 7.56. The first-order valence-electron chi connectivity index (χ1n) is 14.8. The minimum Gasteiger partial charge on any atom is -0.341 e.